The maximum Gasteiger partial charge on any atom is 0.120 e. The fourth-order valence-corrected chi connectivity index (χ4v) is 2.73. The van der Waals surface area contributed by atoms with E-state index in [2.05, 4.69) is 20.8 Å². The van der Waals surface area contributed by atoms with Crippen molar-refractivity contribution in [3.8, 4) is 5.75 Å². The van der Waals surface area contributed by atoms with Crippen molar-refractivity contribution in [2.24, 2.45) is 0 Å². The monoisotopic (exact) mass is 272 g/mol. The van der Waals surface area contributed by atoms with Gasteiger partial charge < -0.3 is 4.74 Å². The molecule has 0 spiro atoms. The van der Waals surface area contributed by atoms with Gasteiger partial charge in [0.2, 0.25) is 0 Å². The normalized spacial score (nSPS) is 11.2. The summed E-state index contributed by atoms with van der Waals surface area (Å²) >= 11 is 10.2. The summed E-state index contributed by atoms with van der Waals surface area (Å²) < 4.78 is 5.92. The molecule has 0 radical (unpaired) electrons. The SMILES string of the molecule is CCCC(C)(C)Oc1ccc(P(=S)=S)cc1. The van der Waals surface area contributed by atoms with Gasteiger partial charge in [0.25, 0.3) is 0 Å². The van der Waals surface area contributed by atoms with Gasteiger partial charge >= 0.3 is 0 Å². The number of benzene rings is 1. The smallest absolute Gasteiger partial charge is 0.120 e. The lowest BCUT2D eigenvalue weighted by Crippen LogP contribution is -2.27. The predicted octanol–water partition coefficient (Wildman–Crippen LogP) is 3.68. The summed E-state index contributed by atoms with van der Waals surface area (Å²) in [6, 6.07) is 7.87. The Morgan fingerprint density at radius 3 is 2.19 bits per heavy atom. The van der Waals surface area contributed by atoms with Crippen molar-refractivity contribution >= 4 is 34.4 Å². The molecule has 0 saturated heterocycles. The molecular formula is C12H17OPS2. The molecule has 0 aliphatic rings. The third-order valence-electron chi connectivity index (χ3n) is 2.29. The zero-order valence-corrected chi connectivity index (χ0v) is 12.4. The lowest BCUT2D eigenvalue weighted by atomic mass is 10.0. The van der Waals surface area contributed by atoms with Crippen LogP contribution in [0.5, 0.6) is 5.75 Å². The third kappa shape index (κ3) is 4.32. The van der Waals surface area contributed by atoms with E-state index in [1.165, 1.54) is 0 Å². The molecule has 1 aromatic carbocycles. The minimum atomic E-state index is -0.837. The zero-order chi connectivity index (χ0) is 12.2. The largest absolute Gasteiger partial charge is 0.488 e. The van der Waals surface area contributed by atoms with E-state index in [0.29, 0.717) is 0 Å². The molecule has 88 valence electrons. The van der Waals surface area contributed by atoms with Crippen molar-refractivity contribution < 1.29 is 4.74 Å². The molecule has 16 heavy (non-hydrogen) atoms. The number of hydrogen-bond donors (Lipinski definition) is 0. The van der Waals surface area contributed by atoms with Crippen molar-refractivity contribution in [1.29, 1.82) is 0 Å². The molecule has 0 N–H and O–H groups in total. The van der Waals surface area contributed by atoms with E-state index < -0.39 is 5.47 Å². The number of ether oxygens (including phenoxy) is 1. The third-order valence-corrected chi connectivity index (χ3v) is 4.28. The molecule has 0 fully saturated rings. The average molecular weight is 272 g/mol. The van der Waals surface area contributed by atoms with Crippen molar-refractivity contribution in [3.05, 3.63) is 24.3 Å². The highest BCUT2D eigenvalue weighted by Gasteiger charge is 2.18. The number of rotatable bonds is 5. The van der Waals surface area contributed by atoms with Crippen LogP contribution in [0.15, 0.2) is 24.3 Å². The molecule has 1 aromatic rings. The van der Waals surface area contributed by atoms with E-state index >= 15 is 0 Å². The molecule has 0 aromatic heterocycles. The first-order valence-corrected chi connectivity index (χ1v) is 8.75. The summed E-state index contributed by atoms with van der Waals surface area (Å²) in [5, 5.41) is 1.06. The van der Waals surface area contributed by atoms with Crippen LogP contribution in [0.25, 0.3) is 0 Å². The molecule has 0 saturated carbocycles. The van der Waals surface area contributed by atoms with Gasteiger partial charge in [0.15, 0.2) is 0 Å². The summed E-state index contributed by atoms with van der Waals surface area (Å²) in [6.07, 6.45) is 2.16. The van der Waals surface area contributed by atoms with Gasteiger partial charge in [-0.15, -0.1) is 0 Å². The molecular weight excluding hydrogens is 255 g/mol. The van der Waals surface area contributed by atoms with Crippen molar-refractivity contribution in [1.82, 2.24) is 0 Å². The van der Waals surface area contributed by atoms with Crippen LogP contribution in [0.4, 0.5) is 0 Å². The van der Waals surface area contributed by atoms with E-state index in [0.717, 1.165) is 23.9 Å². The van der Waals surface area contributed by atoms with Crippen LogP contribution < -0.4 is 10.0 Å². The van der Waals surface area contributed by atoms with Gasteiger partial charge in [-0.05, 0) is 68.1 Å². The van der Waals surface area contributed by atoms with Gasteiger partial charge in [0.1, 0.15) is 11.4 Å². The summed E-state index contributed by atoms with van der Waals surface area (Å²) in [6.45, 7) is 6.38. The Labute approximate surface area is 108 Å². The molecule has 4 heteroatoms. The first-order chi connectivity index (χ1) is 7.44. The Hall–Kier alpha value is -0.240. The second kappa shape index (κ2) is 5.90. The Kier molecular flexibility index (Phi) is 5.10. The van der Waals surface area contributed by atoms with Crippen LogP contribution in [0, 0.1) is 0 Å². The van der Waals surface area contributed by atoms with E-state index in [4.69, 9.17) is 28.4 Å². The topological polar surface area (TPSA) is 9.23 Å². The Balaban J connectivity index is 2.75. The van der Waals surface area contributed by atoms with Gasteiger partial charge in [-0.2, -0.15) is 0 Å². The Morgan fingerprint density at radius 1 is 1.19 bits per heavy atom. The average Bonchev–Trinajstić information content (AvgIpc) is 2.17. The summed E-state index contributed by atoms with van der Waals surface area (Å²) in [5.74, 6) is 0.893. The highest BCUT2D eigenvalue weighted by atomic mass is 32.7. The van der Waals surface area contributed by atoms with Crippen LogP contribution in [-0.2, 0) is 23.6 Å². The van der Waals surface area contributed by atoms with Gasteiger partial charge in [-0.1, -0.05) is 13.3 Å². The summed E-state index contributed by atoms with van der Waals surface area (Å²) in [5.41, 5.74) is -0.945. The van der Waals surface area contributed by atoms with E-state index in [1.54, 1.807) is 0 Å². The van der Waals surface area contributed by atoms with E-state index in [9.17, 15) is 0 Å². The lowest BCUT2D eigenvalue weighted by molar-refractivity contribution is 0.0986. The molecule has 1 nitrogen and oxygen atoms in total. The molecule has 0 amide bonds. The molecule has 1 rings (SSSR count). The van der Waals surface area contributed by atoms with Gasteiger partial charge in [-0.3, -0.25) is 0 Å². The van der Waals surface area contributed by atoms with Crippen LogP contribution in [-0.4, -0.2) is 5.60 Å². The highest BCUT2D eigenvalue weighted by molar-refractivity contribution is 8.27. The second-order valence-electron chi connectivity index (χ2n) is 4.36. The molecule has 0 aliphatic carbocycles. The van der Waals surface area contributed by atoms with Crippen molar-refractivity contribution in [2.75, 3.05) is 0 Å². The Bertz CT molecular complexity index is 400. The fraction of sp³-hybridized carbons (Fsp3) is 0.500. The summed E-state index contributed by atoms with van der Waals surface area (Å²) in [4.78, 5) is 0. The van der Waals surface area contributed by atoms with Crippen LogP contribution in [0.1, 0.15) is 33.6 Å². The van der Waals surface area contributed by atoms with Gasteiger partial charge in [0.05, 0.1) is 0 Å². The molecule has 0 unspecified atom stereocenters. The van der Waals surface area contributed by atoms with E-state index in [-0.39, 0.29) is 5.60 Å². The zero-order valence-electron chi connectivity index (χ0n) is 9.90. The first-order valence-electron chi connectivity index (χ1n) is 5.38. The van der Waals surface area contributed by atoms with Gasteiger partial charge in [-0.25, -0.2) is 0 Å². The molecule has 0 bridgehead atoms. The maximum absolute atomic E-state index is 5.92. The van der Waals surface area contributed by atoms with E-state index in [1.807, 2.05) is 24.3 Å². The first kappa shape index (κ1) is 13.8. The number of hydrogen-bond acceptors (Lipinski definition) is 3. The van der Waals surface area contributed by atoms with Crippen LogP contribution in [0.2, 0.25) is 0 Å². The quantitative estimate of drug-likeness (QED) is 0.757. The standard InChI is InChI=1S/C12H17OPS2/c1-4-9-12(2,3)13-10-5-7-11(8-6-10)14(15)16/h5-8H,4,9H2,1-3H3. The molecule has 0 aliphatic heterocycles. The molecule has 0 heterocycles. The minimum Gasteiger partial charge on any atom is -0.488 e. The van der Waals surface area contributed by atoms with Crippen LogP contribution in [0.3, 0.4) is 0 Å². The fourth-order valence-electron chi connectivity index (χ4n) is 1.61. The van der Waals surface area contributed by atoms with Gasteiger partial charge in [0, 0.05) is 10.8 Å². The van der Waals surface area contributed by atoms with Crippen molar-refractivity contribution in [3.63, 3.8) is 0 Å². The second-order valence-corrected chi connectivity index (χ2v) is 8.28. The minimum absolute atomic E-state index is 0.108. The molecule has 0 atom stereocenters. The lowest BCUT2D eigenvalue weighted by Gasteiger charge is -2.26. The summed E-state index contributed by atoms with van der Waals surface area (Å²) in [7, 11) is 0. The van der Waals surface area contributed by atoms with Crippen LogP contribution >= 0.6 is 5.47 Å². The Morgan fingerprint density at radius 2 is 1.75 bits per heavy atom. The predicted molar refractivity (Wildman–Crippen MR) is 77.3 cm³/mol. The highest BCUT2D eigenvalue weighted by Crippen LogP contribution is 2.22. The maximum atomic E-state index is 5.92. The van der Waals surface area contributed by atoms with Crippen molar-refractivity contribution in [2.45, 2.75) is 39.2 Å².